The van der Waals surface area contributed by atoms with Crippen LogP contribution in [0, 0.1) is 5.92 Å². The number of nitrogens with zero attached hydrogens (tertiary/aromatic N) is 4. The maximum Gasteiger partial charge on any atom is 0.321 e. The number of amides is 3. The zero-order valence-corrected chi connectivity index (χ0v) is 16.1. The average molecular weight is 381 g/mol. The molecule has 3 heterocycles. The highest BCUT2D eigenvalue weighted by Crippen LogP contribution is 2.22. The third kappa shape index (κ3) is 4.43. The van der Waals surface area contributed by atoms with Gasteiger partial charge in [0.25, 0.3) is 11.9 Å². The first-order valence-corrected chi connectivity index (χ1v) is 9.12. The predicted molar refractivity (Wildman–Crippen MR) is 106 cm³/mol. The Hall–Kier alpha value is -3.49. The Balaban J connectivity index is 2.04. The third-order valence-electron chi connectivity index (χ3n) is 3.90. The Morgan fingerprint density at radius 2 is 2.00 bits per heavy atom. The van der Waals surface area contributed by atoms with Gasteiger partial charge < -0.3 is 10.6 Å². The summed E-state index contributed by atoms with van der Waals surface area (Å²) in [5.74, 6) is 0.165. The van der Waals surface area contributed by atoms with Crippen molar-refractivity contribution in [2.45, 2.75) is 20.8 Å². The van der Waals surface area contributed by atoms with Gasteiger partial charge in [0.2, 0.25) is 0 Å². The SMILES string of the molecule is CCNC(=O)Nc1nc2cc(-c3cccnc3)cc(C(=O)NCC(C)C)n2n1. The molecular formula is C19H23N7O2. The first-order valence-electron chi connectivity index (χ1n) is 9.12. The molecular weight excluding hydrogens is 358 g/mol. The van der Waals surface area contributed by atoms with Crippen LogP contribution < -0.4 is 16.0 Å². The summed E-state index contributed by atoms with van der Waals surface area (Å²) in [4.78, 5) is 33.0. The van der Waals surface area contributed by atoms with E-state index in [0.717, 1.165) is 11.1 Å². The summed E-state index contributed by atoms with van der Waals surface area (Å²) in [6.45, 7) is 6.87. The van der Waals surface area contributed by atoms with E-state index in [-0.39, 0.29) is 11.9 Å². The molecule has 0 fully saturated rings. The molecule has 0 saturated carbocycles. The van der Waals surface area contributed by atoms with Crippen molar-refractivity contribution in [1.82, 2.24) is 30.2 Å². The number of hydrogen-bond acceptors (Lipinski definition) is 5. The van der Waals surface area contributed by atoms with Crippen LogP contribution in [0.3, 0.4) is 0 Å². The van der Waals surface area contributed by atoms with Crippen LogP contribution in [0.1, 0.15) is 31.3 Å². The van der Waals surface area contributed by atoms with Gasteiger partial charge in [0.05, 0.1) is 0 Å². The van der Waals surface area contributed by atoms with Crippen LogP contribution in [-0.4, -0.2) is 44.6 Å². The zero-order valence-electron chi connectivity index (χ0n) is 16.1. The van der Waals surface area contributed by atoms with Crippen LogP contribution in [0.15, 0.2) is 36.7 Å². The van der Waals surface area contributed by atoms with Gasteiger partial charge in [-0.2, -0.15) is 4.98 Å². The van der Waals surface area contributed by atoms with Crippen molar-refractivity contribution >= 4 is 23.5 Å². The van der Waals surface area contributed by atoms with E-state index in [4.69, 9.17) is 0 Å². The molecule has 3 aromatic heterocycles. The molecule has 3 rings (SSSR count). The smallest absolute Gasteiger partial charge is 0.321 e. The van der Waals surface area contributed by atoms with Gasteiger partial charge in [-0.1, -0.05) is 19.9 Å². The van der Waals surface area contributed by atoms with Crippen LogP contribution in [0.2, 0.25) is 0 Å². The minimum absolute atomic E-state index is 0.118. The standard InChI is InChI=1S/C19H23N7O2/c1-4-21-19(28)24-18-23-16-9-14(13-6-5-7-20-11-13)8-15(26(16)25-18)17(27)22-10-12(2)3/h5-9,11-12H,4,10H2,1-3H3,(H,22,27)(H2,21,24,25,28). The summed E-state index contributed by atoms with van der Waals surface area (Å²) in [5.41, 5.74) is 2.41. The second-order valence-electron chi connectivity index (χ2n) is 6.66. The lowest BCUT2D eigenvalue weighted by molar-refractivity contribution is 0.0941. The maximum absolute atomic E-state index is 12.8. The second-order valence-corrected chi connectivity index (χ2v) is 6.66. The molecule has 0 bridgehead atoms. The minimum atomic E-state index is -0.406. The molecule has 0 radical (unpaired) electrons. The van der Waals surface area contributed by atoms with Crippen molar-refractivity contribution in [3.8, 4) is 11.1 Å². The predicted octanol–water partition coefficient (Wildman–Crippen LogP) is 2.32. The topological polar surface area (TPSA) is 113 Å². The van der Waals surface area contributed by atoms with Crippen LogP contribution in [-0.2, 0) is 0 Å². The number of fused-ring (bicyclic) bond motifs is 1. The van der Waals surface area contributed by atoms with Crippen molar-refractivity contribution < 1.29 is 9.59 Å². The number of urea groups is 1. The molecule has 0 saturated heterocycles. The molecule has 3 N–H and O–H groups in total. The second kappa shape index (κ2) is 8.47. The van der Waals surface area contributed by atoms with E-state index in [9.17, 15) is 9.59 Å². The van der Waals surface area contributed by atoms with Crippen molar-refractivity contribution in [2.24, 2.45) is 5.92 Å². The number of carbonyl (C=O) groups excluding carboxylic acids is 2. The fourth-order valence-electron chi connectivity index (χ4n) is 2.59. The van der Waals surface area contributed by atoms with E-state index in [1.165, 1.54) is 4.52 Å². The normalized spacial score (nSPS) is 10.9. The molecule has 0 spiro atoms. The lowest BCUT2D eigenvalue weighted by Gasteiger charge is -2.10. The number of nitrogens with one attached hydrogen (secondary N) is 3. The quantitative estimate of drug-likeness (QED) is 0.606. The molecule has 9 heteroatoms. The molecule has 0 aliphatic heterocycles. The van der Waals surface area contributed by atoms with Gasteiger partial charge >= 0.3 is 6.03 Å². The van der Waals surface area contributed by atoms with Crippen LogP contribution in [0.5, 0.6) is 0 Å². The summed E-state index contributed by atoms with van der Waals surface area (Å²) >= 11 is 0. The molecule has 28 heavy (non-hydrogen) atoms. The van der Waals surface area contributed by atoms with Crippen LogP contribution in [0.4, 0.5) is 10.7 Å². The highest BCUT2D eigenvalue weighted by Gasteiger charge is 2.17. The van der Waals surface area contributed by atoms with E-state index < -0.39 is 6.03 Å². The summed E-state index contributed by atoms with van der Waals surface area (Å²) in [5, 5.41) is 12.4. The Morgan fingerprint density at radius 3 is 2.68 bits per heavy atom. The number of hydrogen-bond donors (Lipinski definition) is 3. The average Bonchev–Trinajstić information content (AvgIpc) is 3.08. The van der Waals surface area contributed by atoms with E-state index >= 15 is 0 Å². The third-order valence-corrected chi connectivity index (χ3v) is 3.90. The maximum atomic E-state index is 12.8. The van der Waals surface area contributed by atoms with Crippen LogP contribution in [0.25, 0.3) is 16.8 Å². The van der Waals surface area contributed by atoms with Crippen molar-refractivity contribution in [3.63, 3.8) is 0 Å². The first kappa shape index (κ1) is 19.3. The molecule has 3 aromatic rings. The Bertz CT molecular complexity index is 983. The molecule has 0 atom stereocenters. The van der Waals surface area contributed by atoms with E-state index in [2.05, 4.69) is 31.0 Å². The summed E-state index contributed by atoms with van der Waals surface area (Å²) in [6.07, 6.45) is 3.40. The Labute approximate surface area is 162 Å². The largest absolute Gasteiger partial charge is 0.350 e. The number of pyridine rings is 2. The van der Waals surface area contributed by atoms with Gasteiger partial charge in [0.15, 0.2) is 5.65 Å². The van der Waals surface area contributed by atoms with Gasteiger partial charge in [-0.15, -0.1) is 5.10 Å². The molecule has 0 unspecified atom stereocenters. The van der Waals surface area contributed by atoms with Crippen molar-refractivity contribution in [3.05, 3.63) is 42.4 Å². The van der Waals surface area contributed by atoms with E-state index in [1.54, 1.807) is 24.5 Å². The van der Waals surface area contributed by atoms with Crippen molar-refractivity contribution in [1.29, 1.82) is 0 Å². The van der Waals surface area contributed by atoms with Gasteiger partial charge in [0.1, 0.15) is 5.69 Å². The summed E-state index contributed by atoms with van der Waals surface area (Å²) in [6, 6.07) is 6.86. The molecule has 0 aliphatic carbocycles. The highest BCUT2D eigenvalue weighted by atomic mass is 16.2. The van der Waals surface area contributed by atoms with Crippen molar-refractivity contribution in [2.75, 3.05) is 18.4 Å². The first-order chi connectivity index (χ1) is 13.5. The molecule has 0 aromatic carbocycles. The minimum Gasteiger partial charge on any atom is -0.350 e. The monoisotopic (exact) mass is 381 g/mol. The summed E-state index contributed by atoms with van der Waals surface area (Å²) < 4.78 is 1.43. The molecule has 0 aliphatic rings. The van der Waals surface area contributed by atoms with Gasteiger partial charge in [0, 0.05) is 31.0 Å². The lowest BCUT2D eigenvalue weighted by Crippen LogP contribution is -2.29. The number of aromatic nitrogens is 4. The van der Waals surface area contributed by atoms with Gasteiger partial charge in [-0.25, -0.2) is 9.31 Å². The molecule has 146 valence electrons. The fraction of sp³-hybridized carbons (Fsp3) is 0.316. The fourth-order valence-corrected chi connectivity index (χ4v) is 2.59. The van der Waals surface area contributed by atoms with E-state index in [0.29, 0.717) is 30.3 Å². The molecule has 3 amide bonds. The number of rotatable bonds is 6. The lowest BCUT2D eigenvalue weighted by atomic mass is 10.1. The molecule has 9 nitrogen and oxygen atoms in total. The van der Waals surface area contributed by atoms with Crippen LogP contribution >= 0.6 is 0 Å². The van der Waals surface area contributed by atoms with Gasteiger partial charge in [-0.3, -0.25) is 15.1 Å². The number of carbonyl (C=O) groups is 2. The summed E-state index contributed by atoms with van der Waals surface area (Å²) in [7, 11) is 0. The Morgan fingerprint density at radius 1 is 1.18 bits per heavy atom. The highest BCUT2D eigenvalue weighted by molar-refractivity contribution is 5.95. The Kier molecular flexibility index (Phi) is 5.83. The zero-order chi connectivity index (χ0) is 20.1. The van der Waals surface area contributed by atoms with E-state index in [1.807, 2.05) is 32.9 Å². The van der Waals surface area contributed by atoms with Gasteiger partial charge in [-0.05, 0) is 36.6 Å². The number of anilines is 1.